The van der Waals surface area contributed by atoms with E-state index < -0.39 is 11.6 Å². The van der Waals surface area contributed by atoms with Crippen molar-refractivity contribution >= 4 is 12.0 Å². The average molecular weight is 286 g/mol. The summed E-state index contributed by atoms with van der Waals surface area (Å²) in [6, 6.07) is 0.154. The maximum atomic E-state index is 12.4. The van der Waals surface area contributed by atoms with Gasteiger partial charge in [0.1, 0.15) is 12.2 Å². The van der Waals surface area contributed by atoms with Gasteiger partial charge in [0.2, 0.25) is 0 Å². The predicted octanol–water partition coefficient (Wildman–Crippen LogP) is 1.65. The molecule has 0 aliphatic carbocycles. The topological polar surface area (TPSA) is 70.1 Å². The van der Waals surface area contributed by atoms with E-state index in [0.717, 1.165) is 6.54 Å². The first-order chi connectivity index (χ1) is 9.14. The van der Waals surface area contributed by atoms with Gasteiger partial charge in [-0.25, -0.2) is 9.59 Å². The van der Waals surface area contributed by atoms with Crippen LogP contribution in [0.2, 0.25) is 0 Å². The minimum Gasteiger partial charge on any atom is -0.480 e. The molecule has 1 fully saturated rings. The van der Waals surface area contributed by atoms with Crippen molar-refractivity contribution in [3.63, 3.8) is 0 Å². The third kappa shape index (κ3) is 4.37. The molecule has 1 saturated heterocycles. The zero-order valence-electron chi connectivity index (χ0n) is 13.0. The lowest BCUT2D eigenvalue weighted by Crippen LogP contribution is -2.66. The molecule has 1 aliphatic heterocycles. The summed E-state index contributed by atoms with van der Waals surface area (Å²) in [5, 5.41) is 8.62. The molecule has 6 nitrogen and oxygen atoms in total. The Balaban J connectivity index is 2.52. The molecule has 0 aromatic heterocycles. The number of carboxylic acids is 1. The van der Waals surface area contributed by atoms with Crippen LogP contribution in [0.15, 0.2) is 0 Å². The second-order valence-electron chi connectivity index (χ2n) is 6.41. The van der Waals surface area contributed by atoms with Crippen LogP contribution in [-0.2, 0) is 9.53 Å². The fraction of sp³-hybridized carbons (Fsp3) is 0.857. The lowest BCUT2D eigenvalue weighted by atomic mass is 9.96. The van der Waals surface area contributed by atoms with Gasteiger partial charge >= 0.3 is 12.0 Å². The zero-order chi connectivity index (χ0) is 15.5. The van der Waals surface area contributed by atoms with E-state index in [1.165, 1.54) is 0 Å². The smallest absolute Gasteiger partial charge is 0.329 e. The highest BCUT2D eigenvalue weighted by Gasteiger charge is 2.44. The molecule has 0 atom stereocenters. The molecule has 0 unspecified atom stereocenters. The Kier molecular flexibility index (Phi) is 5.39. The van der Waals surface area contributed by atoms with E-state index in [1.54, 1.807) is 4.90 Å². The number of likely N-dealkylation sites (tertiary alicyclic amines) is 1. The minimum atomic E-state index is -0.986. The van der Waals surface area contributed by atoms with Gasteiger partial charge in [0.15, 0.2) is 0 Å². The van der Waals surface area contributed by atoms with Crippen molar-refractivity contribution in [3.8, 4) is 0 Å². The number of carbonyl (C=O) groups excluding carboxylic acids is 1. The van der Waals surface area contributed by atoms with E-state index in [4.69, 9.17) is 9.84 Å². The number of amides is 2. The first-order valence-electron chi connectivity index (χ1n) is 7.06. The third-order valence-corrected chi connectivity index (χ3v) is 3.30. The molecule has 0 radical (unpaired) electrons. The van der Waals surface area contributed by atoms with E-state index in [-0.39, 0.29) is 18.7 Å². The molecule has 1 aliphatic rings. The first kappa shape index (κ1) is 16.8. The maximum Gasteiger partial charge on any atom is 0.329 e. The Morgan fingerprint density at radius 1 is 1.30 bits per heavy atom. The number of ether oxygens (including phenoxy) is 1. The van der Waals surface area contributed by atoms with Crippen LogP contribution in [0.25, 0.3) is 0 Å². The van der Waals surface area contributed by atoms with Gasteiger partial charge in [-0.3, -0.25) is 0 Å². The van der Waals surface area contributed by atoms with Crippen LogP contribution in [0.3, 0.4) is 0 Å². The standard InChI is InChI=1S/C14H26N2O4/c1-10(2)6-16(11(3)4)13(19)15-8-14(5,9-15)20-7-12(17)18/h10-11H,6-9H2,1-5H3,(H,17,18). The predicted molar refractivity (Wildman–Crippen MR) is 75.6 cm³/mol. The number of rotatable bonds is 6. The SMILES string of the molecule is CC(C)CN(C(=O)N1CC(C)(OCC(=O)O)C1)C(C)C. The lowest BCUT2D eigenvalue weighted by molar-refractivity contribution is -0.160. The maximum absolute atomic E-state index is 12.4. The van der Waals surface area contributed by atoms with E-state index in [1.807, 2.05) is 25.7 Å². The number of aliphatic carboxylic acids is 1. The summed E-state index contributed by atoms with van der Waals surface area (Å²) in [5.74, 6) is -0.572. The number of hydrogen-bond acceptors (Lipinski definition) is 3. The van der Waals surface area contributed by atoms with Crippen LogP contribution in [0.4, 0.5) is 4.79 Å². The Hall–Kier alpha value is -1.30. The van der Waals surface area contributed by atoms with Crippen molar-refractivity contribution in [1.82, 2.24) is 9.80 Å². The van der Waals surface area contributed by atoms with Crippen molar-refractivity contribution < 1.29 is 19.4 Å². The molecule has 20 heavy (non-hydrogen) atoms. The van der Waals surface area contributed by atoms with Crippen molar-refractivity contribution in [2.75, 3.05) is 26.2 Å². The quantitative estimate of drug-likeness (QED) is 0.806. The fourth-order valence-corrected chi connectivity index (χ4v) is 2.31. The van der Waals surface area contributed by atoms with Gasteiger partial charge in [-0.15, -0.1) is 0 Å². The second kappa shape index (κ2) is 6.43. The summed E-state index contributed by atoms with van der Waals surface area (Å²) in [7, 11) is 0. The molecule has 1 N–H and O–H groups in total. The summed E-state index contributed by atoms with van der Waals surface area (Å²) in [6.45, 7) is 11.3. The summed E-state index contributed by atoms with van der Waals surface area (Å²) < 4.78 is 5.32. The first-order valence-corrected chi connectivity index (χ1v) is 7.06. The number of urea groups is 1. The van der Waals surface area contributed by atoms with E-state index >= 15 is 0 Å². The van der Waals surface area contributed by atoms with Gasteiger partial charge in [0.25, 0.3) is 0 Å². The van der Waals surface area contributed by atoms with Crippen molar-refractivity contribution in [3.05, 3.63) is 0 Å². The third-order valence-electron chi connectivity index (χ3n) is 3.30. The molecule has 0 aromatic carbocycles. The summed E-state index contributed by atoms with van der Waals surface area (Å²) in [4.78, 5) is 26.5. The Morgan fingerprint density at radius 3 is 2.25 bits per heavy atom. The Bertz CT molecular complexity index is 362. The number of carbonyl (C=O) groups is 2. The molecular weight excluding hydrogens is 260 g/mol. The monoisotopic (exact) mass is 286 g/mol. The zero-order valence-corrected chi connectivity index (χ0v) is 13.0. The summed E-state index contributed by atoms with van der Waals surface area (Å²) >= 11 is 0. The molecule has 116 valence electrons. The molecule has 1 heterocycles. The van der Waals surface area contributed by atoms with Crippen molar-refractivity contribution in [1.29, 1.82) is 0 Å². The fourth-order valence-electron chi connectivity index (χ4n) is 2.31. The molecule has 0 aromatic rings. The van der Waals surface area contributed by atoms with Crippen LogP contribution in [-0.4, -0.2) is 64.8 Å². The number of nitrogens with zero attached hydrogens (tertiary/aromatic N) is 2. The van der Waals surface area contributed by atoms with Gasteiger partial charge < -0.3 is 19.6 Å². The van der Waals surface area contributed by atoms with Gasteiger partial charge in [0.05, 0.1) is 13.1 Å². The molecule has 0 saturated carbocycles. The number of carboxylic acid groups (broad SMARTS) is 1. The van der Waals surface area contributed by atoms with Gasteiger partial charge in [-0.05, 0) is 26.7 Å². The number of hydrogen-bond donors (Lipinski definition) is 1. The van der Waals surface area contributed by atoms with E-state index in [0.29, 0.717) is 19.0 Å². The summed E-state index contributed by atoms with van der Waals surface area (Å²) in [5.41, 5.74) is -0.533. The van der Waals surface area contributed by atoms with Crippen molar-refractivity contribution in [2.24, 2.45) is 5.92 Å². The lowest BCUT2D eigenvalue weighted by Gasteiger charge is -2.49. The van der Waals surface area contributed by atoms with Crippen LogP contribution in [0, 0.1) is 5.92 Å². The summed E-state index contributed by atoms with van der Waals surface area (Å²) in [6.07, 6.45) is 0. The van der Waals surface area contributed by atoms with Gasteiger partial charge in [-0.1, -0.05) is 13.8 Å². The molecule has 2 amide bonds. The van der Waals surface area contributed by atoms with Crippen molar-refractivity contribution in [2.45, 2.75) is 46.3 Å². The molecule has 6 heteroatoms. The molecule has 0 bridgehead atoms. The van der Waals surface area contributed by atoms with E-state index in [9.17, 15) is 9.59 Å². The van der Waals surface area contributed by atoms with E-state index in [2.05, 4.69) is 13.8 Å². The largest absolute Gasteiger partial charge is 0.480 e. The van der Waals surface area contributed by atoms with Crippen LogP contribution >= 0.6 is 0 Å². The van der Waals surface area contributed by atoms with Crippen LogP contribution in [0.1, 0.15) is 34.6 Å². The van der Waals surface area contributed by atoms with Gasteiger partial charge in [0, 0.05) is 12.6 Å². The molecular formula is C14H26N2O4. The highest BCUT2D eigenvalue weighted by molar-refractivity contribution is 5.76. The highest BCUT2D eigenvalue weighted by atomic mass is 16.5. The molecule has 0 spiro atoms. The Labute approximate surface area is 120 Å². The minimum absolute atomic E-state index is 0.00472. The van der Waals surface area contributed by atoms with Gasteiger partial charge in [-0.2, -0.15) is 0 Å². The van der Waals surface area contributed by atoms with Crippen LogP contribution in [0.5, 0.6) is 0 Å². The molecule has 1 rings (SSSR count). The van der Waals surface area contributed by atoms with Crippen LogP contribution < -0.4 is 0 Å². The second-order valence-corrected chi connectivity index (χ2v) is 6.41. The normalized spacial score (nSPS) is 17.2. The highest BCUT2D eigenvalue weighted by Crippen LogP contribution is 2.26. The average Bonchev–Trinajstić information content (AvgIpc) is 2.28. The Morgan fingerprint density at radius 2 is 1.85 bits per heavy atom.